The van der Waals surface area contributed by atoms with Crippen LogP contribution in [0.25, 0.3) is 0 Å². The van der Waals surface area contributed by atoms with Gasteiger partial charge in [0.25, 0.3) is 0 Å². The largest absolute Gasteiger partial charge is 0.309 e. The third-order valence-corrected chi connectivity index (χ3v) is 3.26. The molecule has 0 bridgehead atoms. The number of halogens is 1. The molecule has 1 fully saturated rings. The van der Waals surface area contributed by atoms with Crippen molar-refractivity contribution in [2.75, 3.05) is 13.1 Å². The maximum atomic E-state index is 13.2. The van der Waals surface area contributed by atoms with Gasteiger partial charge < -0.3 is 5.32 Å². The van der Waals surface area contributed by atoms with Crippen LogP contribution in [0.1, 0.15) is 25.0 Å². The van der Waals surface area contributed by atoms with Gasteiger partial charge in [-0.25, -0.2) is 4.39 Å². The number of nitrogens with one attached hydrogen (secondary N) is 1. The van der Waals surface area contributed by atoms with E-state index in [4.69, 9.17) is 0 Å². The Morgan fingerprint density at radius 2 is 1.94 bits per heavy atom. The second kappa shape index (κ2) is 5.15. The Morgan fingerprint density at radius 1 is 1.29 bits per heavy atom. The summed E-state index contributed by atoms with van der Waals surface area (Å²) in [5.74, 6) is -0.115. The number of hydrogen-bond donors (Lipinski definition) is 1. The van der Waals surface area contributed by atoms with Crippen LogP contribution in [0, 0.1) is 12.7 Å². The molecule has 0 saturated carbocycles. The lowest BCUT2D eigenvalue weighted by atomic mass is 10.1. The minimum atomic E-state index is -0.115. The highest BCUT2D eigenvalue weighted by Gasteiger charge is 2.20. The van der Waals surface area contributed by atoms with Crippen molar-refractivity contribution in [3.63, 3.8) is 0 Å². The van der Waals surface area contributed by atoms with E-state index in [1.165, 1.54) is 5.56 Å². The summed E-state index contributed by atoms with van der Waals surface area (Å²) in [7, 11) is 0. The molecule has 0 spiro atoms. The van der Waals surface area contributed by atoms with Crippen molar-refractivity contribution in [1.82, 2.24) is 10.2 Å². The second-order valence-corrected chi connectivity index (χ2v) is 5.25. The number of nitrogens with zero attached hydrogens (tertiary/aromatic N) is 1. The first-order valence-electron chi connectivity index (χ1n) is 6.28. The molecule has 0 radical (unpaired) electrons. The fourth-order valence-electron chi connectivity index (χ4n) is 2.63. The predicted octanol–water partition coefficient (Wildman–Crippen LogP) is 2.32. The third-order valence-electron chi connectivity index (χ3n) is 3.26. The Hall–Kier alpha value is -0.930. The summed E-state index contributed by atoms with van der Waals surface area (Å²) in [6, 6.07) is 6.46. The summed E-state index contributed by atoms with van der Waals surface area (Å²) >= 11 is 0. The monoisotopic (exact) mass is 236 g/mol. The number of aryl methyl sites for hydroxylation is 1. The van der Waals surface area contributed by atoms with E-state index in [2.05, 4.69) is 24.1 Å². The van der Waals surface area contributed by atoms with Gasteiger partial charge in [0.1, 0.15) is 5.82 Å². The molecule has 94 valence electrons. The van der Waals surface area contributed by atoms with Crippen molar-refractivity contribution in [2.45, 2.75) is 39.4 Å². The molecule has 0 amide bonds. The van der Waals surface area contributed by atoms with Gasteiger partial charge in [0, 0.05) is 31.7 Å². The zero-order valence-corrected chi connectivity index (χ0v) is 10.8. The van der Waals surface area contributed by atoms with Crippen molar-refractivity contribution >= 4 is 0 Å². The summed E-state index contributed by atoms with van der Waals surface area (Å²) in [6.07, 6.45) is 0. The van der Waals surface area contributed by atoms with E-state index in [1.807, 2.05) is 19.1 Å². The quantitative estimate of drug-likeness (QED) is 0.847. The van der Waals surface area contributed by atoms with Crippen molar-refractivity contribution in [2.24, 2.45) is 0 Å². The molecule has 17 heavy (non-hydrogen) atoms. The minimum Gasteiger partial charge on any atom is -0.309 e. The van der Waals surface area contributed by atoms with Gasteiger partial charge >= 0.3 is 0 Å². The van der Waals surface area contributed by atoms with Crippen LogP contribution in [-0.2, 0) is 6.54 Å². The van der Waals surface area contributed by atoms with E-state index in [-0.39, 0.29) is 5.82 Å². The van der Waals surface area contributed by atoms with Crippen LogP contribution in [-0.4, -0.2) is 30.1 Å². The van der Waals surface area contributed by atoms with Gasteiger partial charge in [-0.3, -0.25) is 4.90 Å². The molecule has 1 aromatic rings. The summed E-state index contributed by atoms with van der Waals surface area (Å²) in [6.45, 7) is 9.26. The first-order valence-corrected chi connectivity index (χ1v) is 6.28. The SMILES string of the molecule is Cc1cc(CN2CC(C)NC(C)C2)ccc1F. The molecule has 1 aliphatic rings. The molecular formula is C14H21FN2. The lowest BCUT2D eigenvalue weighted by Crippen LogP contribution is -2.53. The van der Waals surface area contributed by atoms with Gasteiger partial charge in [0.2, 0.25) is 0 Å². The van der Waals surface area contributed by atoms with Gasteiger partial charge in [0.05, 0.1) is 0 Å². The molecule has 1 aliphatic heterocycles. The molecule has 1 aromatic carbocycles. The van der Waals surface area contributed by atoms with E-state index >= 15 is 0 Å². The van der Waals surface area contributed by atoms with Gasteiger partial charge in [-0.15, -0.1) is 0 Å². The van der Waals surface area contributed by atoms with Crippen molar-refractivity contribution in [3.8, 4) is 0 Å². The van der Waals surface area contributed by atoms with E-state index in [1.54, 1.807) is 6.07 Å². The average Bonchev–Trinajstić information content (AvgIpc) is 2.22. The molecule has 0 aliphatic carbocycles. The van der Waals surface area contributed by atoms with E-state index in [0.717, 1.165) is 25.2 Å². The Bertz CT molecular complexity index is 382. The Morgan fingerprint density at radius 3 is 2.53 bits per heavy atom. The van der Waals surface area contributed by atoms with Gasteiger partial charge in [-0.2, -0.15) is 0 Å². The highest BCUT2D eigenvalue weighted by atomic mass is 19.1. The maximum absolute atomic E-state index is 13.2. The fourth-order valence-corrected chi connectivity index (χ4v) is 2.63. The molecule has 0 aromatic heterocycles. The first-order chi connectivity index (χ1) is 8.04. The minimum absolute atomic E-state index is 0.115. The van der Waals surface area contributed by atoms with Gasteiger partial charge in [-0.1, -0.05) is 12.1 Å². The number of hydrogen-bond acceptors (Lipinski definition) is 2. The molecule has 1 heterocycles. The molecule has 1 saturated heterocycles. The lowest BCUT2D eigenvalue weighted by Gasteiger charge is -2.36. The van der Waals surface area contributed by atoms with Crippen LogP contribution in [0.2, 0.25) is 0 Å². The molecule has 2 rings (SSSR count). The molecular weight excluding hydrogens is 215 g/mol. The molecule has 2 unspecified atom stereocenters. The maximum Gasteiger partial charge on any atom is 0.126 e. The summed E-state index contributed by atoms with van der Waals surface area (Å²) in [5.41, 5.74) is 1.93. The molecule has 1 N–H and O–H groups in total. The standard InChI is InChI=1S/C14H21FN2/c1-10-6-13(4-5-14(10)15)9-17-7-11(2)16-12(3)8-17/h4-6,11-12,16H,7-9H2,1-3H3. The average molecular weight is 236 g/mol. The second-order valence-electron chi connectivity index (χ2n) is 5.25. The molecule has 3 heteroatoms. The smallest absolute Gasteiger partial charge is 0.126 e. The van der Waals surface area contributed by atoms with Crippen LogP contribution in [0.15, 0.2) is 18.2 Å². The highest BCUT2D eigenvalue weighted by Crippen LogP contribution is 2.13. The van der Waals surface area contributed by atoms with Gasteiger partial charge in [0.15, 0.2) is 0 Å². The van der Waals surface area contributed by atoms with Crippen LogP contribution < -0.4 is 5.32 Å². The third kappa shape index (κ3) is 3.27. The van der Waals surface area contributed by atoms with Crippen LogP contribution in [0.4, 0.5) is 4.39 Å². The van der Waals surface area contributed by atoms with Crippen LogP contribution in [0.5, 0.6) is 0 Å². The van der Waals surface area contributed by atoms with Crippen LogP contribution >= 0.6 is 0 Å². The first kappa shape index (κ1) is 12.5. The number of benzene rings is 1. The molecule has 2 atom stereocenters. The summed E-state index contributed by atoms with van der Waals surface area (Å²) < 4.78 is 13.2. The van der Waals surface area contributed by atoms with E-state index in [0.29, 0.717) is 12.1 Å². The number of piperazine rings is 1. The lowest BCUT2D eigenvalue weighted by molar-refractivity contribution is 0.166. The Kier molecular flexibility index (Phi) is 3.79. The van der Waals surface area contributed by atoms with Crippen LogP contribution in [0.3, 0.4) is 0 Å². The predicted molar refractivity (Wildman–Crippen MR) is 68.5 cm³/mol. The Balaban J connectivity index is 2.02. The Labute approximate surface area is 103 Å². The zero-order chi connectivity index (χ0) is 12.4. The fraction of sp³-hybridized carbons (Fsp3) is 0.571. The van der Waals surface area contributed by atoms with E-state index in [9.17, 15) is 4.39 Å². The van der Waals surface area contributed by atoms with Crippen molar-refractivity contribution < 1.29 is 4.39 Å². The summed E-state index contributed by atoms with van der Waals surface area (Å²) in [5, 5.41) is 3.51. The normalized spacial score (nSPS) is 26.1. The molecule has 2 nitrogen and oxygen atoms in total. The van der Waals surface area contributed by atoms with E-state index < -0.39 is 0 Å². The summed E-state index contributed by atoms with van der Waals surface area (Å²) in [4.78, 5) is 2.43. The topological polar surface area (TPSA) is 15.3 Å². The van der Waals surface area contributed by atoms with Crippen molar-refractivity contribution in [1.29, 1.82) is 0 Å². The zero-order valence-electron chi connectivity index (χ0n) is 10.8. The highest BCUT2D eigenvalue weighted by molar-refractivity contribution is 5.23. The van der Waals surface area contributed by atoms with Crippen molar-refractivity contribution in [3.05, 3.63) is 35.1 Å². The van der Waals surface area contributed by atoms with Gasteiger partial charge in [-0.05, 0) is 38.0 Å². The number of rotatable bonds is 2.